The van der Waals surface area contributed by atoms with Crippen LogP contribution in [0.3, 0.4) is 0 Å². The number of para-hydroxylation sites is 1. The lowest BCUT2D eigenvalue weighted by atomic mass is 9.93. The Morgan fingerprint density at radius 2 is 1.61 bits per heavy atom. The highest BCUT2D eigenvalue weighted by Gasteiger charge is 2.34. The van der Waals surface area contributed by atoms with E-state index in [1.165, 1.54) is 27.9 Å². The highest BCUT2D eigenvalue weighted by atomic mass is 16.5. The average molecular weight is 600 g/mol. The zero-order valence-corrected chi connectivity index (χ0v) is 28.0. The lowest BCUT2D eigenvalue weighted by molar-refractivity contribution is -0.117. The second-order valence-corrected chi connectivity index (χ2v) is 11.2. The first kappa shape index (κ1) is 34.8. The van der Waals surface area contributed by atoms with Crippen LogP contribution in [0.25, 0.3) is 0 Å². The largest absolute Gasteiger partial charge is 0.494 e. The Balaban J connectivity index is 0.000000317. The van der Waals surface area contributed by atoms with E-state index >= 15 is 0 Å². The molecule has 1 amide bonds. The molecule has 3 aromatic rings. The Morgan fingerprint density at radius 1 is 0.955 bits per heavy atom. The number of likely N-dealkylation sites (tertiary alicyclic amines) is 1. The minimum Gasteiger partial charge on any atom is -0.494 e. The van der Waals surface area contributed by atoms with E-state index in [1.54, 1.807) is 0 Å². The lowest BCUT2D eigenvalue weighted by Crippen LogP contribution is -2.26. The molecule has 0 aromatic heterocycles. The van der Waals surface area contributed by atoms with Gasteiger partial charge in [-0.2, -0.15) is 0 Å². The van der Waals surface area contributed by atoms with Crippen LogP contribution in [0, 0.1) is 6.92 Å². The Bertz CT molecular complexity index is 1320. The Kier molecular flexibility index (Phi) is 13.9. The van der Waals surface area contributed by atoms with Gasteiger partial charge in [-0.25, -0.2) is 0 Å². The summed E-state index contributed by atoms with van der Waals surface area (Å²) in [6.45, 7) is 15.2. The van der Waals surface area contributed by atoms with Crippen molar-refractivity contribution in [1.82, 2.24) is 4.90 Å². The quantitative estimate of drug-likeness (QED) is 0.239. The molecule has 1 N–H and O–H groups in total. The number of rotatable bonds is 10. The molecule has 2 saturated heterocycles. The number of nitrogens with one attached hydrogen (secondary N) is 1. The molecule has 238 valence electrons. The number of aryl methyl sites for hydroxylation is 3. The third-order valence-electron chi connectivity index (χ3n) is 8.61. The summed E-state index contributed by atoms with van der Waals surface area (Å²) in [5.74, 6) is 1.50. The van der Waals surface area contributed by atoms with Crippen LogP contribution >= 0.6 is 0 Å². The third kappa shape index (κ3) is 8.50. The Hall–Kier alpha value is -3.64. The smallest absolute Gasteiger partial charge is 0.227 e. The van der Waals surface area contributed by atoms with E-state index < -0.39 is 0 Å². The molecule has 2 aliphatic rings. The van der Waals surface area contributed by atoms with E-state index in [-0.39, 0.29) is 11.9 Å². The number of benzene rings is 3. The number of anilines is 2. The molecule has 6 nitrogen and oxygen atoms in total. The number of nitrogens with zero attached hydrogens (tertiary/aromatic N) is 2. The number of amides is 1. The summed E-state index contributed by atoms with van der Waals surface area (Å²) < 4.78 is 5.79. The number of carbonyl (C=O) groups is 2. The van der Waals surface area contributed by atoms with Crippen molar-refractivity contribution in [3.8, 4) is 5.75 Å². The fourth-order valence-electron chi connectivity index (χ4n) is 6.33. The van der Waals surface area contributed by atoms with Crippen molar-refractivity contribution in [2.45, 2.75) is 85.6 Å². The van der Waals surface area contributed by atoms with Gasteiger partial charge >= 0.3 is 0 Å². The van der Waals surface area contributed by atoms with E-state index in [1.807, 2.05) is 44.9 Å². The number of hydrogen-bond donors (Lipinski definition) is 1. The standard InChI is InChI=1S/C25H30N2O3.C11H17N.C2H6/c1-3-30-24-16-20(7-6-18(24)2)21-15-23(26(17-21)13-14-28)19-8-10-22(11-9-19)27-12-4-5-25(27)29;1-4-9-7-6-8-10(5-2)11(9)12-3;1-2/h6-11,14,16,21,23H,3-5,12-13,15,17H2,1-2H3;6-8,12H,4-5H2,1-3H3;1-2H3/t21-,23?;;/m1../s1. The molecule has 44 heavy (non-hydrogen) atoms. The Labute approximate surface area is 265 Å². The molecule has 2 atom stereocenters. The maximum atomic E-state index is 12.0. The summed E-state index contributed by atoms with van der Waals surface area (Å²) in [5.41, 5.74) is 8.73. The summed E-state index contributed by atoms with van der Waals surface area (Å²) in [6.07, 6.45) is 5.73. The van der Waals surface area contributed by atoms with E-state index in [9.17, 15) is 9.59 Å². The van der Waals surface area contributed by atoms with Crippen LogP contribution in [0.1, 0.15) is 93.7 Å². The minimum atomic E-state index is 0.195. The van der Waals surface area contributed by atoms with Gasteiger partial charge in [-0.15, -0.1) is 0 Å². The summed E-state index contributed by atoms with van der Waals surface area (Å²) in [6, 6.07) is 21.5. The summed E-state index contributed by atoms with van der Waals surface area (Å²) in [4.78, 5) is 27.5. The SMILES string of the molecule is CC.CCOc1cc([C@@H]2CC(c3ccc(N4CCCC4=O)cc3)N(CC=O)C2)ccc1C.CCc1cccc(CC)c1NC. The molecule has 5 rings (SSSR count). The van der Waals surface area contributed by atoms with Crippen molar-refractivity contribution in [1.29, 1.82) is 0 Å². The van der Waals surface area contributed by atoms with E-state index in [0.717, 1.165) is 62.1 Å². The molecule has 2 aliphatic heterocycles. The van der Waals surface area contributed by atoms with Gasteiger partial charge in [0.25, 0.3) is 0 Å². The number of carbonyl (C=O) groups excluding carboxylic acids is 2. The molecule has 0 spiro atoms. The van der Waals surface area contributed by atoms with Gasteiger partial charge < -0.3 is 19.7 Å². The fourth-order valence-corrected chi connectivity index (χ4v) is 6.33. The van der Waals surface area contributed by atoms with Crippen molar-refractivity contribution in [2.75, 3.05) is 43.5 Å². The van der Waals surface area contributed by atoms with Crippen molar-refractivity contribution in [3.63, 3.8) is 0 Å². The molecular weight excluding hydrogens is 546 g/mol. The molecule has 0 saturated carbocycles. The molecule has 1 unspecified atom stereocenters. The molecular formula is C38H53N3O3. The van der Waals surface area contributed by atoms with Gasteiger partial charge in [0, 0.05) is 44.0 Å². The van der Waals surface area contributed by atoms with Crippen molar-refractivity contribution in [3.05, 3.63) is 88.5 Å². The van der Waals surface area contributed by atoms with Gasteiger partial charge in [-0.1, -0.05) is 70.2 Å². The normalized spacial score (nSPS) is 17.8. The second kappa shape index (κ2) is 17.6. The zero-order chi connectivity index (χ0) is 32.1. The average Bonchev–Trinajstić information content (AvgIpc) is 3.69. The molecule has 2 heterocycles. The molecule has 3 aromatic carbocycles. The maximum absolute atomic E-state index is 12.0. The van der Waals surface area contributed by atoms with Gasteiger partial charge in [0.2, 0.25) is 5.91 Å². The molecule has 2 fully saturated rings. The summed E-state index contributed by atoms with van der Waals surface area (Å²) in [5, 5.41) is 3.27. The first-order valence-electron chi connectivity index (χ1n) is 16.5. The maximum Gasteiger partial charge on any atom is 0.227 e. The number of hydrogen-bond acceptors (Lipinski definition) is 5. The summed E-state index contributed by atoms with van der Waals surface area (Å²) >= 11 is 0. The molecule has 0 bridgehead atoms. The molecule has 6 heteroatoms. The molecule has 0 aliphatic carbocycles. The van der Waals surface area contributed by atoms with Crippen LogP contribution in [-0.2, 0) is 22.4 Å². The lowest BCUT2D eigenvalue weighted by Gasteiger charge is -2.23. The van der Waals surface area contributed by atoms with E-state index in [4.69, 9.17) is 4.74 Å². The predicted octanol–water partition coefficient (Wildman–Crippen LogP) is 8.13. The van der Waals surface area contributed by atoms with Crippen LogP contribution < -0.4 is 15.0 Å². The van der Waals surface area contributed by atoms with Crippen LogP contribution in [0.4, 0.5) is 11.4 Å². The van der Waals surface area contributed by atoms with E-state index in [0.29, 0.717) is 25.5 Å². The third-order valence-corrected chi connectivity index (χ3v) is 8.61. The highest BCUT2D eigenvalue weighted by Crippen LogP contribution is 2.41. The summed E-state index contributed by atoms with van der Waals surface area (Å²) in [7, 11) is 1.99. The van der Waals surface area contributed by atoms with Crippen LogP contribution in [-0.4, -0.2) is 50.4 Å². The minimum absolute atomic E-state index is 0.195. The van der Waals surface area contributed by atoms with Crippen molar-refractivity contribution < 1.29 is 14.3 Å². The van der Waals surface area contributed by atoms with Crippen LogP contribution in [0.15, 0.2) is 60.7 Å². The monoisotopic (exact) mass is 599 g/mol. The van der Waals surface area contributed by atoms with Crippen LogP contribution in [0.2, 0.25) is 0 Å². The van der Waals surface area contributed by atoms with Gasteiger partial charge in [-0.05, 0) is 91.5 Å². The van der Waals surface area contributed by atoms with Gasteiger partial charge in [0.05, 0.1) is 13.2 Å². The first-order valence-corrected chi connectivity index (χ1v) is 16.5. The fraction of sp³-hybridized carbons (Fsp3) is 0.474. The van der Waals surface area contributed by atoms with Crippen molar-refractivity contribution in [2.24, 2.45) is 0 Å². The highest BCUT2D eigenvalue weighted by molar-refractivity contribution is 5.95. The number of ether oxygens (including phenoxy) is 1. The topological polar surface area (TPSA) is 61.9 Å². The zero-order valence-electron chi connectivity index (χ0n) is 28.0. The predicted molar refractivity (Wildman–Crippen MR) is 184 cm³/mol. The molecule has 0 radical (unpaired) electrons. The van der Waals surface area contributed by atoms with Gasteiger partial charge in [0.15, 0.2) is 0 Å². The van der Waals surface area contributed by atoms with E-state index in [2.05, 4.69) is 79.5 Å². The number of aldehydes is 1. The Morgan fingerprint density at radius 3 is 2.16 bits per heavy atom. The van der Waals surface area contributed by atoms with Gasteiger partial charge in [0.1, 0.15) is 12.0 Å². The first-order chi connectivity index (χ1) is 21.4. The van der Waals surface area contributed by atoms with Crippen molar-refractivity contribution >= 4 is 23.6 Å². The second-order valence-electron chi connectivity index (χ2n) is 11.2. The van der Waals surface area contributed by atoms with Gasteiger partial charge in [-0.3, -0.25) is 9.69 Å². The van der Waals surface area contributed by atoms with Crippen LogP contribution in [0.5, 0.6) is 5.75 Å².